The molecule has 1 heterocycles. The molecule has 0 fully saturated rings. The lowest BCUT2D eigenvalue weighted by atomic mass is 10.1. The van der Waals surface area contributed by atoms with Gasteiger partial charge in [0.25, 0.3) is 5.91 Å². The van der Waals surface area contributed by atoms with Crippen LogP contribution in [0.4, 0.5) is 5.13 Å². The molecule has 3 rings (SSSR count). The Labute approximate surface area is 180 Å². The monoisotopic (exact) mass is 442 g/mol. The van der Waals surface area contributed by atoms with Crippen molar-refractivity contribution < 1.29 is 19.5 Å². The van der Waals surface area contributed by atoms with Crippen LogP contribution in [-0.4, -0.2) is 38.8 Å². The number of aromatic carboxylic acids is 1. The van der Waals surface area contributed by atoms with Gasteiger partial charge in [-0.05, 0) is 24.6 Å². The predicted molar refractivity (Wildman–Crippen MR) is 115 cm³/mol. The molecule has 0 unspecified atom stereocenters. The largest absolute Gasteiger partial charge is 0.478 e. The average Bonchev–Trinajstić information content (AvgIpc) is 3.19. The fourth-order valence-corrected chi connectivity index (χ4v) is 4.01. The van der Waals surface area contributed by atoms with E-state index in [0.717, 1.165) is 22.5 Å². The zero-order chi connectivity index (χ0) is 21.5. The van der Waals surface area contributed by atoms with Crippen LogP contribution in [0.5, 0.6) is 0 Å². The number of amides is 2. The minimum atomic E-state index is -1.19. The number of hydrogen-bond acceptors (Lipinski definition) is 7. The van der Waals surface area contributed by atoms with Crippen molar-refractivity contribution in [2.24, 2.45) is 0 Å². The first kappa shape index (κ1) is 21.5. The summed E-state index contributed by atoms with van der Waals surface area (Å²) in [5, 5.41) is 22.6. The first-order valence-electron chi connectivity index (χ1n) is 8.84. The van der Waals surface area contributed by atoms with Gasteiger partial charge in [-0.25, -0.2) is 4.79 Å². The van der Waals surface area contributed by atoms with E-state index in [1.807, 2.05) is 31.2 Å². The molecular formula is C20H18N4O4S2. The molecule has 0 saturated carbocycles. The van der Waals surface area contributed by atoms with Crippen molar-refractivity contribution in [3.63, 3.8) is 0 Å². The predicted octanol–water partition coefficient (Wildman–Crippen LogP) is 3.21. The number of carboxylic acids is 1. The van der Waals surface area contributed by atoms with Crippen molar-refractivity contribution in [1.82, 2.24) is 15.5 Å². The highest BCUT2D eigenvalue weighted by Gasteiger charge is 2.17. The van der Waals surface area contributed by atoms with Crippen molar-refractivity contribution in [3.8, 4) is 0 Å². The van der Waals surface area contributed by atoms with Crippen molar-refractivity contribution in [1.29, 1.82) is 0 Å². The van der Waals surface area contributed by atoms with Crippen LogP contribution in [0, 0.1) is 6.92 Å². The second-order valence-corrected chi connectivity index (χ2v) is 8.43. The second-order valence-electron chi connectivity index (χ2n) is 6.23. The summed E-state index contributed by atoms with van der Waals surface area (Å²) in [5.41, 5.74) is 2.11. The van der Waals surface area contributed by atoms with Crippen LogP contribution in [0.3, 0.4) is 0 Å². The Morgan fingerprint density at radius 2 is 1.73 bits per heavy atom. The van der Waals surface area contributed by atoms with Gasteiger partial charge in [0, 0.05) is 6.54 Å². The number of aromatic nitrogens is 2. The molecule has 0 aliphatic heterocycles. The fourth-order valence-electron chi connectivity index (χ4n) is 2.44. The summed E-state index contributed by atoms with van der Waals surface area (Å²) in [6.45, 7) is 2.45. The van der Waals surface area contributed by atoms with Crippen LogP contribution in [0.15, 0.2) is 52.9 Å². The quantitative estimate of drug-likeness (QED) is 0.362. The first-order chi connectivity index (χ1) is 14.4. The number of rotatable bonds is 8. The lowest BCUT2D eigenvalue weighted by molar-refractivity contribution is -0.118. The Bertz CT molecular complexity index is 1070. The number of nitrogens with one attached hydrogen (secondary N) is 2. The van der Waals surface area contributed by atoms with Crippen molar-refractivity contribution in [2.75, 3.05) is 11.1 Å². The molecule has 3 N–H and O–H groups in total. The summed E-state index contributed by atoms with van der Waals surface area (Å²) in [7, 11) is 0. The Balaban J connectivity index is 1.50. The molecule has 0 atom stereocenters. The van der Waals surface area contributed by atoms with E-state index >= 15 is 0 Å². The molecule has 8 nitrogen and oxygen atoms in total. The highest BCUT2D eigenvalue weighted by atomic mass is 32.2. The van der Waals surface area contributed by atoms with Gasteiger partial charge in [-0.2, -0.15) is 0 Å². The number of hydrogen-bond donors (Lipinski definition) is 3. The van der Waals surface area contributed by atoms with Crippen LogP contribution >= 0.6 is 23.1 Å². The normalized spacial score (nSPS) is 10.4. The Morgan fingerprint density at radius 1 is 1.03 bits per heavy atom. The lowest BCUT2D eigenvalue weighted by Crippen LogP contribution is -2.24. The lowest BCUT2D eigenvalue weighted by Gasteiger charge is -2.05. The van der Waals surface area contributed by atoms with Gasteiger partial charge < -0.3 is 10.4 Å². The molecule has 0 bridgehead atoms. The molecule has 154 valence electrons. The topological polar surface area (TPSA) is 121 Å². The molecule has 0 aliphatic rings. The maximum atomic E-state index is 12.3. The van der Waals surface area contributed by atoms with Crippen LogP contribution in [-0.2, 0) is 11.3 Å². The Morgan fingerprint density at radius 3 is 2.43 bits per heavy atom. The molecule has 3 aromatic rings. The molecule has 2 aromatic carbocycles. The number of nitrogens with zero attached hydrogens (tertiary/aromatic N) is 2. The highest BCUT2D eigenvalue weighted by Crippen LogP contribution is 2.26. The van der Waals surface area contributed by atoms with Gasteiger partial charge in [0.15, 0.2) is 4.34 Å². The van der Waals surface area contributed by atoms with E-state index in [1.165, 1.54) is 23.9 Å². The van der Waals surface area contributed by atoms with E-state index < -0.39 is 11.9 Å². The van der Waals surface area contributed by atoms with Gasteiger partial charge in [-0.3, -0.25) is 14.9 Å². The number of carboxylic acid groups (broad SMARTS) is 1. The molecule has 1 aromatic heterocycles. The van der Waals surface area contributed by atoms with Crippen molar-refractivity contribution in [2.45, 2.75) is 17.8 Å². The van der Waals surface area contributed by atoms with Crippen molar-refractivity contribution in [3.05, 3.63) is 70.8 Å². The standard InChI is InChI=1S/C20H18N4O4S2/c1-12-6-8-13(9-7-12)10-21-16(25)11-29-20-24-23-19(30-20)22-17(26)14-4-2-3-5-15(14)18(27)28/h2-9H,10-11H2,1H3,(H,21,25)(H,27,28)(H,22,23,26). The number of thioether (sulfide) groups is 1. The van der Waals surface area contributed by atoms with Gasteiger partial charge in [-0.15, -0.1) is 10.2 Å². The molecule has 30 heavy (non-hydrogen) atoms. The molecule has 0 saturated heterocycles. The van der Waals surface area contributed by atoms with E-state index in [2.05, 4.69) is 20.8 Å². The van der Waals surface area contributed by atoms with Gasteiger partial charge in [-0.1, -0.05) is 65.1 Å². The van der Waals surface area contributed by atoms with Crippen LogP contribution in [0.25, 0.3) is 0 Å². The fraction of sp³-hybridized carbons (Fsp3) is 0.150. The number of carbonyl (C=O) groups is 3. The molecule has 2 amide bonds. The zero-order valence-corrected chi connectivity index (χ0v) is 17.5. The highest BCUT2D eigenvalue weighted by molar-refractivity contribution is 8.01. The van der Waals surface area contributed by atoms with Gasteiger partial charge >= 0.3 is 5.97 Å². The number of carbonyl (C=O) groups excluding carboxylic acids is 2. The summed E-state index contributed by atoms with van der Waals surface area (Å²) in [6.07, 6.45) is 0. The van der Waals surface area contributed by atoms with Crippen LogP contribution < -0.4 is 10.6 Å². The Kier molecular flexibility index (Phi) is 7.15. The number of anilines is 1. The van der Waals surface area contributed by atoms with E-state index in [4.69, 9.17) is 0 Å². The Hall–Kier alpha value is -3.24. The third kappa shape index (κ3) is 5.88. The SMILES string of the molecule is Cc1ccc(CNC(=O)CSc2nnc(NC(=O)c3ccccc3C(=O)O)s2)cc1. The average molecular weight is 443 g/mol. The summed E-state index contributed by atoms with van der Waals surface area (Å²) in [4.78, 5) is 35.6. The minimum absolute atomic E-state index is 0.0323. The van der Waals surface area contributed by atoms with Gasteiger partial charge in [0.05, 0.1) is 16.9 Å². The van der Waals surface area contributed by atoms with E-state index in [1.54, 1.807) is 12.1 Å². The minimum Gasteiger partial charge on any atom is -0.478 e. The summed E-state index contributed by atoms with van der Waals surface area (Å²) < 4.78 is 0.516. The number of aryl methyl sites for hydroxylation is 1. The summed E-state index contributed by atoms with van der Waals surface area (Å²) in [5.74, 6) is -1.75. The molecule has 0 radical (unpaired) electrons. The maximum absolute atomic E-state index is 12.3. The molecule has 0 aliphatic carbocycles. The molecule has 0 spiro atoms. The van der Waals surface area contributed by atoms with Gasteiger partial charge in [0.1, 0.15) is 0 Å². The summed E-state index contributed by atoms with van der Waals surface area (Å²) >= 11 is 2.31. The van der Waals surface area contributed by atoms with Crippen molar-refractivity contribution >= 4 is 46.0 Å². The van der Waals surface area contributed by atoms with E-state index in [9.17, 15) is 19.5 Å². The molecular weight excluding hydrogens is 424 g/mol. The van der Waals surface area contributed by atoms with Crippen LogP contribution in [0.1, 0.15) is 31.8 Å². The summed E-state index contributed by atoms with van der Waals surface area (Å²) in [6, 6.07) is 13.8. The first-order valence-corrected chi connectivity index (χ1v) is 10.6. The third-order valence-corrected chi connectivity index (χ3v) is 5.94. The number of benzene rings is 2. The van der Waals surface area contributed by atoms with E-state index in [-0.39, 0.29) is 27.9 Å². The maximum Gasteiger partial charge on any atom is 0.336 e. The van der Waals surface area contributed by atoms with Gasteiger partial charge in [0.2, 0.25) is 11.0 Å². The molecule has 10 heteroatoms. The second kappa shape index (κ2) is 9.99. The third-order valence-electron chi connectivity index (χ3n) is 3.97. The van der Waals surface area contributed by atoms with E-state index in [0.29, 0.717) is 10.9 Å². The zero-order valence-electron chi connectivity index (χ0n) is 15.9. The smallest absolute Gasteiger partial charge is 0.336 e. The van der Waals surface area contributed by atoms with Crippen LogP contribution in [0.2, 0.25) is 0 Å².